The maximum absolute atomic E-state index is 12.6. The molecular formula is C4H4F8Li2O6S2. The third kappa shape index (κ3) is 3.75. The molecule has 0 unspecified atom stereocenters. The number of alkyl halides is 8. The maximum Gasteiger partial charge on any atom is 1.00 e. The van der Waals surface area contributed by atoms with Gasteiger partial charge in [0.15, 0.2) is 0 Å². The number of hydrogen-bond acceptors (Lipinski definition) is 4. The molecule has 0 heterocycles. The van der Waals surface area contributed by atoms with Crippen LogP contribution >= 0.6 is 0 Å². The average molecular weight is 378 g/mol. The monoisotopic (exact) mass is 378 g/mol. The van der Waals surface area contributed by atoms with Crippen molar-refractivity contribution < 1.29 is 102 Å². The predicted molar refractivity (Wildman–Crippen MR) is 45.1 cm³/mol. The summed E-state index contributed by atoms with van der Waals surface area (Å²) in [6.07, 6.45) is 0. The summed E-state index contributed by atoms with van der Waals surface area (Å²) in [6.45, 7) is 0. The fraction of sp³-hybridized carbons (Fsp3) is 1.00. The molecular weight excluding hydrogens is 374 g/mol. The van der Waals surface area contributed by atoms with Gasteiger partial charge in [-0.15, -0.1) is 0 Å². The second kappa shape index (κ2) is 6.75. The largest absolute Gasteiger partial charge is 1.00 e. The quantitative estimate of drug-likeness (QED) is 0.284. The van der Waals surface area contributed by atoms with Gasteiger partial charge in [0.25, 0.3) is 0 Å². The van der Waals surface area contributed by atoms with E-state index in [-0.39, 0.29) is 40.6 Å². The fourth-order valence-corrected chi connectivity index (χ4v) is 1.59. The minimum atomic E-state index is -7.58. The van der Waals surface area contributed by atoms with E-state index < -0.39 is 42.6 Å². The third-order valence-electron chi connectivity index (χ3n) is 1.77. The Morgan fingerprint density at radius 2 is 0.727 bits per heavy atom. The van der Waals surface area contributed by atoms with Crippen molar-refractivity contribution in [3.63, 3.8) is 0 Å². The fourth-order valence-electron chi connectivity index (χ4n) is 0.690. The van der Waals surface area contributed by atoms with Gasteiger partial charge in [-0.05, 0) is 0 Å². The summed E-state index contributed by atoms with van der Waals surface area (Å²) < 4.78 is 155. The minimum Gasteiger partial charge on any atom is -1.00 e. The van der Waals surface area contributed by atoms with Gasteiger partial charge in [0, 0.05) is 0 Å². The van der Waals surface area contributed by atoms with Gasteiger partial charge in [-0.1, -0.05) is 0 Å². The average Bonchev–Trinajstić information content (AvgIpc) is 2.12. The third-order valence-corrected chi connectivity index (χ3v) is 3.58. The Labute approximate surface area is 144 Å². The van der Waals surface area contributed by atoms with Crippen LogP contribution in [0.5, 0.6) is 0 Å². The van der Waals surface area contributed by atoms with Crippen LogP contribution in [0.1, 0.15) is 2.85 Å². The molecule has 6 nitrogen and oxygen atoms in total. The maximum atomic E-state index is 12.6. The van der Waals surface area contributed by atoms with Crippen LogP contribution < -0.4 is 37.7 Å². The summed E-state index contributed by atoms with van der Waals surface area (Å²) in [5.74, 6) is -15.2. The first-order valence-electron chi connectivity index (χ1n) is 3.70. The summed E-state index contributed by atoms with van der Waals surface area (Å²) in [5.41, 5.74) is 0. The van der Waals surface area contributed by atoms with E-state index in [4.69, 9.17) is 9.11 Å². The Hall–Kier alpha value is 0.455. The molecule has 0 amide bonds. The second-order valence-corrected chi connectivity index (χ2v) is 6.06. The molecule has 0 rings (SSSR count). The van der Waals surface area contributed by atoms with Crippen LogP contribution in [0, 0.1) is 0 Å². The molecule has 0 saturated carbocycles. The van der Waals surface area contributed by atoms with E-state index in [1.165, 1.54) is 0 Å². The van der Waals surface area contributed by atoms with Crippen LogP contribution in [0.3, 0.4) is 0 Å². The molecule has 0 bridgehead atoms. The van der Waals surface area contributed by atoms with Gasteiger partial charge in [-0.3, -0.25) is 9.11 Å². The van der Waals surface area contributed by atoms with Gasteiger partial charge in [0.05, 0.1) is 0 Å². The molecule has 126 valence electrons. The molecule has 2 N–H and O–H groups in total. The van der Waals surface area contributed by atoms with Gasteiger partial charge >= 0.3 is 80.3 Å². The molecule has 0 aliphatic carbocycles. The summed E-state index contributed by atoms with van der Waals surface area (Å²) in [5, 5.41) is -14.3. The molecule has 22 heavy (non-hydrogen) atoms. The van der Waals surface area contributed by atoms with Crippen molar-refractivity contribution in [1.29, 1.82) is 0 Å². The van der Waals surface area contributed by atoms with Crippen LogP contribution in [-0.4, -0.2) is 48.3 Å². The van der Waals surface area contributed by atoms with E-state index in [1.807, 2.05) is 0 Å². The molecule has 0 spiro atoms. The molecule has 0 aromatic heterocycles. The van der Waals surface area contributed by atoms with Crippen molar-refractivity contribution in [2.24, 2.45) is 0 Å². The smallest absolute Gasteiger partial charge is 1.00 e. The first kappa shape index (κ1) is 27.3. The van der Waals surface area contributed by atoms with Gasteiger partial charge in [-0.2, -0.15) is 52.0 Å². The van der Waals surface area contributed by atoms with Crippen molar-refractivity contribution in [1.82, 2.24) is 0 Å². The van der Waals surface area contributed by atoms with Crippen molar-refractivity contribution in [3.05, 3.63) is 0 Å². The van der Waals surface area contributed by atoms with Crippen LogP contribution in [0.4, 0.5) is 35.1 Å². The zero-order chi connectivity index (χ0) is 17.0. The Bertz CT molecular complexity index is 556. The van der Waals surface area contributed by atoms with E-state index in [0.29, 0.717) is 0 Å². The van der Waals surface area contributed by atoms with Gasteiger partial charge < -0.3 is 2.85 Å². The van der Waals surface area contributed by atoms with Crippen LogP contribution in [-0.2, 0) is 20.2 Å². The molecule has 0 aliphatic heterocycles. The molecule has 0 aromatic carbocycles. The Balaban J connectivity index is -0.000000301. The zero-order valence-corrected chi connectivity index (χ0v) is 12.0. The number of hydrogen-bond donors (Lipinski definition) is 2. The van der Waals surface area contributed by atoms with Gasteiger partial charge in [0.2, 0.25) is 0 Å². The number of halogens is 8. The Morgan fingerprint density at radius 3 is 0.818 bits per heavy atom. The van der Waals surface area contributed by atoms with Crippen molar-refractivity contribution in [2.75, 3.05) is 0 Å². The van der Waals surface area contributed by atoms with E-state index in [9.17, 15) is 52.0 Å². The molecule has 0 fully saturated rings. The van der Waals surface area contributed by atoms with E-state index in [0.717, 1.165) is 0 Å². The molecule has 0 saturated heterocycles. The molecule has 0 aromatic rings. The van der Waals surface area contributed by atoms with Crippen LogP contribution in [0.2, 0.25) is 0 Å². The summed E-state index contributed by atoms with van der Waals surface area (Å²) >= 11 is 0. The summed E-state index contributed by atoms with van der Waals surface area (Å²) in [6, 6.07) is 0. The van der Waals surface area contributed by atoms with Gasteiger partial charge in [0.1, 0.15) is 0 Å². The number of rotatable bonds is 5. The molecule has 18 heteroatoms. The van der Waals surface area contributed by atoms with Crippen molar-refractivity contribution in [2.45, 2.75) is 22.4 Å². The first-order chi connectivity index (χ1) is 8.25. The topological polar surface area (TPSA) is 109 Å². The van der Waals surface area contributed by atoms with E-state index >= 15 is 0 Å². The van der Waals surface area contributed by atoms with Gasteiger partial charge in [-0.25, -0.2) is 0 Å². The molecule has 0 atom stereocenters. The van der Waals surface area contributed by atoms with Crippen LogP contribution in [0.15, 0.2) is 0 Å². The zero-order valence-electron chi connectivity index (χ0n) is 12.4. The Kier molecular flexibility index (Phi) is 8.38. The van der Waals surface area contributed by atoms with E-state index in [1.54, 1.807) is 0 Å². The predicted octanol–water partition coefficient (Wildman–Crippen LogP) is -4.55. The summed E-state index contributed by atoms with van der Waals surface area (Å²) in [7, 11) is -14.6. The van der Waals surface area contributed by atoms with E-state index in [2.05, 4.69) is 0 Å². The summed E-state index contributed by atoms with van der Waals surface area (Å²) in [4.78, 5) is 0. The Morgan fingerprint density at radius 1 is 0.591 bits per heavy atom. The molecule has 0 aliphatic rings. The SMILES string of the molecule is O=S(=O)(O)C(F)(F)C(F)(F)C(F)(F)C(F)(F)S(=O)(=O)O.[H-].[H-].[Li+].[Li+]. The molecule has 0 radical (unpaired) electrons. The van der Waals surface area contributed by atoms with Crippen molar-refractivity contribution in [3.8, 4) is 0 Å². The normalized spacial score (nSPS) is 14.8. The van der Waals surface area contributed by atoms with Crippen LogP contribution in [0.25, 0.3) is 0 Å². The van der Waals surface area contributed by atoms with Crippen molar-refractivity contribution >= 4 is 20.2 Å². The first-order valence-corrected chi connectivity index (χ1v) is 6.58. The standard InChI is InChI=1S/C4H2F8O6S2.2Li.2H/c5-1(6,3(9,10)19(13,14)15)2(7,8)4(11,12)20(16,17)18;;;;/h(H,13,14,15)(H,16,17,18);;;;/q;2*+1;2*-1. The second-order valence-electron chi connectivity index (χ2n) is 3.13. The minimum absolute atomic E-state index is 0.